The first-order valence-electron chi connectivity index (χ1n) is 7.56. The van der Waals surface area contributed by atoms with Crippen molar-refractivity contribution in [2.75, 3.05) is 6.79 Å². The standard InChI is InChI=1S/C19H19NO3/c1-13-4-3-5-15(10-13)6-9-19(21)20-14(2)16-7-8-17-18(11-16)23-12-22-17/h3-11,14H,12H2,1-2H3,(H,20,21)/b9-6+. The molecule has 1 N–H and O–H groups in total. The van der Waals surface area contributed by atoms with Gasteiger partial charge in [-0.1, -0.05) is 35.9 Å². The average Bonchev–Trinajstić information content (AvgIpc) is 3.00. The molecule has 2 aromatic carbocycles. The summed E-state index contributed by atoms with van der Waals surface area (Å²) in [6.45, 7) is 4.22. The molecule has 23 heavy (non-hydrogen) atoms. The number of amides is 1. The number of hydrogen-bond donors (Lipinski definition) is 1. The minimum absolute atomic E-state index is 0.112. The number of benzene rings is 2. The van der Waals surface area contributed by atoms with Gasteiger partial charge in [-0.3, -0.25) is 4.79 Å². The minimum Gasteiger partial charge on any atom is -0.454 e. The average molecular weight is 309 g/mol. The van der Waals surface area contributed by atoms with E-state index in [0.29, 0.717) is 0 Å². The molecule has 0 fully saturated rings. The van der Waals surface area contributed by atoms with Crippen LogP contribution < -0.4 is 14.8 Å². The van der Waals surface area contributed by atoms with Crippen molar-refractivity contribution in [2.45, 2.75) is 19.9 Å². The summed E-state index contributed by atoms with van der Waals surface area (Å²) in [5.41, 5.74) is 3.16. The summed E-state index contributed by atoms with van der Waals surface area (Å²) in [4.78, 5) is 12.1. The van der Waals surface area contributed by atoms with Gasteiger partial charge in [-0.05, 0) is 43.2 Å². The second kappa shape index (κ2) is 6.57. The Morgan fingerprint density at radius 3 is 2.83 bits per heavy atom. The molecule has 2 aromatic rings. The first-order valence-corrected chi connectivity index (χ1v) is 7.56. The summed E-state index contributed by atoms with van der Waals surface area (Å²) in [6.07, 6.45) is 3.37. The van der Waals surface area contributed by atoms with Crippen molar-refractivity contribution in [2.24, 2.45) is 0 Å². The number of hydrogen-bond acceptors (Lipinski definition) is 3. The number of fused-ring (bicyclic) bond motifs is 1. The molecule has 0 aromatic heterocycles. The van der Waals surface area contributed by atoms with Crippen molar-refractivity contribution >= 4 is 12.0 Å². The highest BCUT2D eigenvalue weighted by atomic mass is 16.7. The minimum atomic E-state index is -0.128. The number of carbonyl (C=O) groups excluding carboxylic acids is 1. The largest absolute Gasteiger partial charge is 0.454 e. The maximum atomic E-state index is 12.1. The van der Waals surface area contributed by atoms with Crippen molar-refractivity contribution in [3.8, 4) is 11.5 Å². The first kappa shape index (κ1) is 15.2. The Balaban J connectivity index is 1.63. The van der Waals surface area contributed by atoms with Crippen LogP contribution in [0.25, 0.3) is 6.08 Å². The van der Waals surface area contributed by atoms with E-state index in [4.69, 9.17) is 9.47 Å². The lowest BCUT2D eigenvalue weighted by Crippen LogP contribution is -2.24. The Morgan fingerprint density at radius 1 is 1.17 bits per heavy atom. The molecule has 1 unspecified atom stereocenters. The number of aryl methyl sites for hydroxylation is 1. The molecule has 118 valence electrons. The third-order valence-corrected chi connectivity index (χ3v) is 3.72. The van der Waals surface area contributed by atoms with E-state index in [2.05, 4.69) is 5.32 Å². The summed E-state index contributed by atoms with van der Waals surface area (Å²) in [7, 11) is 0. The molecule has 0 aliphatic carbocycles. The third-order valence-electron chi connectivity index (χ3n) is 3.72. The smallest absolute Gasteiger partial charge is 0.244 e. The summed E-state index contributed by atoms with van der Waals surface area (Å²) in [5.74, 6) is 1.34. The van der Waals surface area contributed by atoms with Crippen molar-refractivity contribution in [3.63, 3.8) is 0 Å². The van der Waals surface area contributed by atoms with Gasteiger partial charge in [0, 0.05) is 6.08 Å². The molecule has 1 amide bonds. The molecule has 4 nitrogen and oxygen atoms in total. The van der Waals surface area contributed by atoms with Gasteiger partial charge in [-0.2, -0.15) is 0 Å². The zero-order chi connectivity index (χ0) is 16.2. The second-order valence-corrected chi connectivity index (χ2v) is 5.59. The van der Waals surface area contributed by atoms with Gasteiger partial charge in [0.1, 0.15) is 0 Å². The number of carbonyl (C=O) groups is 1. The van der Waals surface area contributed by atoms with E-state index >= 15 is 0 Å². The van der Waals surface area contributed by atoms with E-state index < -0.39 is 0 Å². The van der Waals surface area contributed by atoms with Gasteiger partial charge < -0.3 is 14.8 Å². The van der Waals surface area contributed by atoms with E-state index in [0.717, 1.165) is 22.6 Å². The molecule has 0 radical (unpaired) electrons. The maximum Gasteiger partial charge on any atom is 0.244 e. The fourth-order valence-corrected chi connectivity index (χ4v) is 2.47. The Labute approximate surface area is 135 Å². The lowest BCUT2D eigenvalue weighted by molar-refractivity contribution is -0.117. The highest BCUT2D eigenvalue weighted by Gasteiger charge is 2.16. The highest BCUT2D eigenvalue weighted by Crippen LogP contribution is 2.34. The molecule has 0 bridgehead atoms. The van der Waals surface area contributed by atoms with Crippen molar-refractivity contribution in [1.82, 2.24) is 5.32 Å². The van der Waals surface area contributed by atoms with E-state index in [1.807, 2.05) is 62.4 Å². The van der Waals surface area contributed by atoms with Crippen LogP contribution in [-0.2, 0) is 4.79 Å². The van der Waals surface area contributed by atoms with Gasteiger partial charge in [0.2, 0.25) is 12.7 Å². The molecule has 4 heteroatoms. The first-order chi connectivity index (χ1) is 11.1. The summed E-state index contributed by atoms with van der Waals surface area (Å²) < 4.78 is 10.7. The van der Waals surface area contributed by atoms with Crippen molar-refractivity contribution in [1.29, 1.82) is 0 Å². The molecule has 0 saturated carbocycles. The number of nitrogens with one attached hydrogen (secondary N) is 1. The summed E-state index contributed by atoms with van der Waals surface area (Å²) in [5, 5.41) is 2.95. The molecule has 1 heterocycles. The van der Waals surface area contributed by atoms with Gasteiger partial charge in [-0.15, -0.1) is 0 Å². The normalized spacial score (nSPS) is 14.0. The van der Waals surface area contributed by atoms with Crippen LogP contribution in [0.4, 0.5) is 0 Å². The van der Waals surface area contributed by atoms with Crippen LogP contribution in [-0.4, -0.2) is 12.7 Å². The van der Waals surface area contributed by atoms with E-state index in [9.17, 15) is 4.79 Å². The highest BCUT2D eigenvalue weighted by molar-refractivity contribution is 5.92. The Bertz CT molecular complexity index is 752. The van der Waals surface area contributed by atoms with Crippen LogP contribution in [0, 0.1) is 6.92 Å². The molecular formula is C19H19NO3. The molecule has 0 spiro atoms. The van der Waals surface area contributed by atoms with Gasteiger partial charge in [-0.25, -0.2) is 0 Å². The number of ether oxygens (including phenoxy) is 2. The van der Waals surface area contributed by atoms with Crippen LogP contribution >= 0.6 is 0 Å². The van der Waals surface area contributed by atoms with Crippen molar-refractivity contribution < 1.29 is 14.3 Å². The zero-order valence-corrected chi connectivity index (χ0v) is 13.2. The second-order valence-electron chi connectivity index (χ2n) is 5.59. The van der Waals surface area contributed by atoms with Gasteiger partial charge in [0.05, 0.1) is 6.04 Å². The van der Waals surface area contributed by atoms with Crippen LogP contribution in [0.1, 0.15) is 29.7 Å². The van der Waals surface area contributed by atoms with Crippen LogP contribution in [0.15, 0.2) is 48.5 Å². The predicted molar refractivity (Wildman–Crippen MR) is 89.3 cm³/mol. The van der Waals surface area contributed by atoms with Gasteiger partial charge >= 0.3 is 0 Å². The Morgan fingerprint density at radius 2 is 2.00 bits per heavy atom. The van der Waals surface area contributed by atoms with Gasteiger partial charge in [0.15, 0.2) is 11.5 Å². The molecule has 1 aliphatic rings. The molecule has 0 saturated heterocycles. The summed E-state index contributed by atoms with van der Waals surface area (Å²) >= 11 is 0. The zero-order valence-electron chi connectivity index (χ0n) is 13.2. The van der Waals surface area contributed by atoms with Gasteiger partial charge in [0.25, 0.3) is 0 Å². The van der Waals surface area contributed by atoms with Crippen LogP contribution in [0.3, 0.4) is 0 Å². The number of rotatable bonds is 4. The van der Waals surface area contributed by atoms with Crippen LogP contribution in [0.2, 0.25) is 0 Å². The van der Waals surface area contributed by atoms with Crippen molar-refractivity contribution in [3.05, 3.63) is 65.2 Å². The molecular weight excluding hydrogens is 290 g/mol. The fourth-order valence-electron chi connectivity index (χ4n) is 2.47. The van der Waals surface area contributed by atoms with E-state index in [1.54, 1.807) is 6.08 Å². The maximum absolute atomic E-state index is 12.1. The van der Waals surface area contributed by atoms with E-state index in [1.165, 1.54) is 5.56 Å². The lowest BCUT2D eigenvalue weighted by Gasteiger charge is -2.13. The lowest BCUT2D eigenvalue weighted by atomic mass is 10.1. The SMILES string of the molecule is Cc1cccc(/C=C/C(=O)NC(C)c2ccc3c(c2)OCO3)c1. The third kappa shape index (κ3) is 3.72. The molecule has 3 rings (SSSR count). The molecule has 1 aliphatic heterocycles. The summed E-state index contributed by atoms with van der Waals surface area (Å²) in [6, 6.07) is 13.6. The monoisotopic (exact) mass is 309 g/mol. The quantitative estimate of drug-likeness (QED) is 0.878. The fraction of sp³-hybridized carbons (Fsp3) is 0.211. The topological polar surface area (TPSA) is 47.6 Å². The van der Waals surface area contributed by atoms with E-state index in [-0.39, 0.29) is 18.7 Å². The Hall–Kier alpha value is -2.75. The Kier molecular flexibility index (Phi) is 4.33. The van der Waals surface area contributed by atoms with Crippen LogP contribution in [0.5, 0.6) is 11.5 Å². The predicted octanol–water partition coefficient (Wildman–Crippen LogP) is 3.61. The molecule has 1 atom stereocenters.